The van der Waals surface area contributed by atoms with Crippen LogP contribution in [0.5, 0.6) is 0 Å². The molecule has 116 valence electrons. The summed E-state index contributed by atoms with van der Waals surface area (Å²) >= 11 is 0. The number of carbonyl (C=O) groups excluding carboxylic acids is 1. The van der Waals surface area contributed by atoms with Crippen LogP contribution in [0.2, 0.25) is 0 Å². The lowest BCUT2D eigenvalue weighted by atomic mass is 10.4. The Morgan fingerprint density at radius 2 is 1.50 bits per heavy atom. The molecule has 0 rings (SSSR count). The van der Waals surface area contributed by atoms with Crippen molar-refractivity contribution in [1.29, 1.82) is 0 Å². The van der Waals surface area contributed by atoms with Gasteiger partial charge in [0.1, 0.15) is 6.61 Å². The maximum atomic E-state index is 10.1. The molecule has 4 N–H and O–H groups in total. The number of rotatable bonds is 3. The molecule has 0 radical (unpaired) electrons. The van der Waals surface area contributed by atoms with Crippen molar-refractivity contribution < 1.29 is 34.8 Å². The van der Waals surface area contributed by atoms with Crippen LogP contribution in [0.4, 0.5) is 0 Å². The minimum atomic E-state index is -1.22. The molecular formula is C13H22O7. The van der Waals surface area contributed by atoms with Crippen LogP contribution in [-0.2, 0) is 14.3 Å². The number of carbonyl (C=O) groups is 2. The molecule has 0 aromatic heterocycles. The second-order valence-corrected chi connectivity index (χ2v) is 3.07. The molecule has 2 atom stereocenters. The van der Waals surface area contributed by atoms with Gasteiger partial charge in [-0.25, -0.2) is 9.59 Å². The van der Waals surface area contributed by atoms with E-state index >= 15 is 0 Å². The molecule has 2 unspecified atom stereocenters. The van der Waals surface area contributed by atoms with Gasteiger partial charge in [-0.05, 0) is 13.8 Å². The number of carboxylic acids is 1. The average molecular weight is 290 g/mol. The fourth-order valence-electron chi connectivity index (χ4n) is 0.238. The van der Waals surface area contributed by atoms with Crippen LogP contribution in [0.1, 0.15) is 21.3 Å². The predicted molar refractivity (Wildman–Crippen MR) is 73.4 cm³/mol. The Morgan fingerprint density at radius 1 is 1.15 bits per heavy atom. The molecule has 0 heterocycles. The van der Waals surface area contributed by atoms with Gasteiger partial charge in [-0.1, -0.05) is 7.43 Å². The van der Waals surface area contributed by atoms with E-state index in [1.54, 1.807) is 5.92 Å². The van der Waals surface area contributed by atoms with Gasteiger partial charge in [0.15, 0.2) is 0 Å². The quantitative estimate of drug-likeness (QED) is 0.306. The van der Waals surface area contributed by atoms with Crippen LogP contribution in [0.3, 0.4) is 0 Å². The molecule has 0 saturated carbocycles. The van der Waals surface area contributed by atoms with Crippen molar-refractivity contribution >= 4 is 11.9 Å². The van der Waals surface area contributed by atoms with E-state index in [4.69, 9.17) is 25.2 Å². The van der Waals surface area contributed by atoms with Crippen LogP contribution >= 0.6 is 0 Å². The van der Waals surface area contributed by atoms with Crippen LogP contribution in [0.15, 0.2) is 0 Å². The molecule has 0 aliphatic carbocycles. The summed E-state index contributed by atoms with van der Waals surface area (Å²) in [4.78, 5) is 19.3. The van der Waals surface area contributed by atoms with Crippen molar-refractivity contribution in [2.24, 2.45) is 0 Å². The lowest BCUT2D eigenvalue weighted by molar-refractivity contribution is -0.139. The third-order valence-corrected chi connectivity index (χ3v) is 0.961. The third kappa shape index (κ3) is 44.5. The molecule has 7 heteroatoms. The molecule has 0 aliphatic heterocycles. The van der Waals surface area contributed by atoms with Crippen molar-refractivity contribution in [3.05, 3.63) is 0 Å². The van der Waals surface area contributed by atoms with Crippen LogP contribution in [0, 0.1) is 24.7 Å². The summed E-state index contributed by atoms with van der Waals surface area (Å²) in [6.07, 6.45) is 7.76. The molecule has 0 amide bonds. The minimum Gasteiger partial charge on any atom is -0.472 e. The van der Waals surface area contributed by atoms with Crippen molar-refractivity contribution in [3.8, 4) is 24.7 Å². The first kappa shape index (κ1) is 26.5. The lowest BCUT2D eigenvalue weighted by Gasteiger charge is -2.01. The highest BCUT2D eigenvalue weighted by Crippen LogP contribution is 1.81. The zero-order chi connectivity index (χ0) is 15.8. The number of hydrogen-bond donors (Lipinski definition) is 4. The fourth-order valence-corrected chi connectivity index (χ4v) is 0.238. The molecule has 0 spiro atoms. The van der Waals surface area contributed by atoms with Crippen LogP contribution in [-0.4, -0.2) is 57.8 Å². The highest BCUT2D eigenvalue weighted by atomic mass is 16.5. The fraction of sp³-hybridized carbons (Fsp3) is 0.538. The molecule has 20 heavy (non-hydrogen) atoms. The predicted octanol–water partition coefficient (Wildman–Crippen LogP) is -0.757. The maximum absolute atomic E-state index is 10.1. The first-order chi connectivity index (χ1) is 8.70. The number of ether oxygens (including phenoxy) is 1. The van der Waals surface area contributed by atoms with E-state index in [0.29, 0.717) is 0 Å². The second kappa shape index (κ2) is 19.3. The smallest absolute Gasteiger partial charge is 0.384 e. The van der Waals surface area contributed by atoms with Crippen LogP contribution < -0.4 is 0 Å². The lowest BCUT2D eigenvalue weighted by Crippen LogP contribution is -2.13. The van der Waals surface area contributed by atoms with Crippen molar-refractivity contribution in [2.75, 3.05) is 13.2 Å². The molecule has 7 nitrogen and oxygen atoms in total. The minimum absolute atomic E-state index is 0. The molecule has 0 aromatic carbocycles. The van der Waals surface area contributed by atoms with Gasteiger partial charge in [-0.15, -0.1) is 12.8 Å². The van der Waals surface area contributed by atoms with Crippen molar-refractivity contribution in [1.82, 2.24) is 0 Å². The Balaban J connectivity index is -0.000000101. The summed E-state index contributed by atoms with van der Waals surface area (Å²) in [5.74, 6) is 1.24. The van der Waals surface area contributed by atoms with E-state index in [9.17, 15) is 4.79 Å². The molecule has 0 bridgehead atoms. The Kier molecular flexibility index (Phi) is 25.5. The standard InChI is InChI=1S/C6H8O3.C3H8O2.C3H2O2.CH4/c1-3-6(8)9-4-5(2)7;1-3(5)2-4;1-2-3(4)5;/h1,5,7H,4H2,2H3;3-5H,2H2,1H3;1H,(H,4,5);1H4. The summed E-state index contributed by atoms with van der Waals surface area (Å²) in [5, 5.41) is 32.0. The summed E-state index contributed by atoms with van der Waals surface area (Å²) in [6.45, 7) is 2.85. The summed E-state index contributed by atoms with van der Waals surface area (Å²) < 4.78 is 4.33. The van der Waals surface area contributed by atoms with Crippen LogP contribution in [0.25, 0.3) is 0 Å². The normalized spacial score (nSPS) is 10.3. The third-order valence-electron chi connectivity index (χ3n) is 0.961. The number of terminal acetylenes is 2. The topological polar surface area (TPSA) is 124 Å². The number of aliphatic hydroxyl groups excluding tert-OH is 3. The highest BCUT2D eigenvalue weighted by Gasteiger charge is 1.98. The van der Waals surface area contributed by atoms with E-state index in [2.05, 4.69) is 17.6 Å². The summed E-state index contributed by atoms with van der Waals surface area (Å²) in [7, 11) is 0. The number of carboxylic acid groups (broad SMARTS) is 1. The van der Waals surface area contributed by atoms with Gasteiger partial charge in [0.2, 0.25) is 0 Å². The zero-order valence-electron chi connectivity index (χ0n) is 10.7. The Morgan fingerprint density at radius 3 is 1.65 bits per heavy atom. The van der Waals surface area contributed by atoms with Gasteiger partial charge in [-0.3, -0.25) is 0 Å². The number of hydrogen-bond acceptors (Lipinski definition) is 6. The molecule has 0 aromatic rings. The maximum Gasteiger partial charge on any atom is 0.384 e. The number of esters is 1. The Bertz CT molecular complexity index is 321. The first-order valence-electron chi connectivity index (χ1n) is 5.01. The van der Waals surface area contributed by atoms with Gasteiger partial charge in [0.25, 0.3) is 0 Å². The van der Waals surface area contributed by atoms with Gasteiger partial charge < -0.3 is 25.2 Å². The summed E-state index contributed by atoms with van der Waals surface area (Å²) in [5.41, 5.74) is 0. The first-order valence-corrected chi connectivity index (χ1v) is 5.01. The Hall–Kier alpha value is -2.06. The number of aliphatic carboxylic acids is 1. The van der Waals surface area contributed by atoms with E-state index < -0.39 is 24.1 Å². The molecule has 0 saturated heterocycles. The van der Waals surface area contributed by atoms with Crippen molar-refractivity contribution in [3.63, 3.8) is 0 Å². The van der Waals surface area contributed by atoms with Gasteiger partial charge in [0, 0.05) is 11.8 Å². The van der Waals surface area contributed by atoms with Gasteiger partial charge in [-0.2, -0.15) is 0 Å². The highest BCUT2D eigenvalue weighted by molar-refractivity contribution is 5.87. The largest absolute Gasteiger partial charge is 0.472 e. The SMILES string of the molecule is C.C#CC(=O)O.C#CC(=O)OCC(C)O.CC(O)CO. The average Bonchev–Trinajstić information content (AvgIpc) is 2.37. The van der Waals surface area contributed by atoms with E-state index in [-0.39, 0.29) is 20.6 Å². The van der Waals surface area contributed by atoms with E-state index in [0.717, 1.165) is 0 Å². The number of aliphatic hydroxyl groups is 3. The molecular weight excluding hydrogens is 268 g/mol. The Labute approximate surface area is 119 Å². The molecule has 0 aliphatic rings. The van der Waals surface area contributed by atoms with Gasteiger partial charge >= 0.3 is 11.9 Å². The van der Waals surface area contributed by atoms with Gasteiger partial charge in [0.05, 0.1) is 18.8 Å². The van der Waals surface area contributed by atoms with E-state index in [1.807, 2.05) is 0 Å². The molecule has 0 fully saturated rings. The second-order valence-electron chi connectivity index (χ2n) is 3.07. The monoisotopic (exact) mass is 290 g/mol. The van der Waals surface area contributed by atoms with E-state index in [1.165, 1.54) is 19.8 Å². The zero-order valence-corrected chi connectivity index (χ0v) is 10.7. The van der Waals surface area contributed by atoms with Crippen molar-refractivity contribution in [2.45, 2.75) is 33.5 Å². The summed E-state index contributed by atoms with van der Waals surface area (Å²) in [6, 6.07) is 0.